The van der Waals surface area contributed by atoms with Crippen molar-refractivity contribution < 1.29 is 27.8 Å². The predicted octanol–water partition coefficient (Wildman–Crippen LogP) is 5.56. The molecule has 1 fully saturated rings. The van der Waals surface area contributed by atoms with Crippen LogP contribution in [0.1, 0.15) is 47.3 Å². The van der Waals surface area contributed by atoms with E-state index in [1.807, 2.05) is 0 Å². The number of ether oxygens (including phenoxy) is 1. The summed E-state index contributed by atoms with van der Waals surface area (Å²) >= 11 is 6.20. The van der Waals surface area contributed by atoms with Crippen molar-refractivity contribution in [3.8, 4) is 5.75 Å². The molecule has 0 saturated heterocycles. The Kier molecular flexibility index (Phi) is 7.37. The Morgan fingerprint density at radius 2 is 1.89 bits per heavy atom. The SMILES string of the molecule is COc1ccc(CNc2c(C(=O)N[C@H]3CC[C@H](O)CC3)c(C(F)(F)F)nc3ccccc23)cc1Cl. The number of aliphatic hydroxyl groups is 1. The van der Waals surface area contributed by atoms with Gasteiger partial charge in [0.25, 0.3) is 5.91 Å². The first-order chi connectivity index (χ1) is 16.7. The number of rotatable bonds is 6. The topological polar surface area (TPSA) is 83.5 Å². The van der Waals surface area contributed by atoms with Crippen LogP contribution in [-0.2, 0) is 12.7 Å². The number of hydrogen-bond donors (Lipinski definition) is 3. The number of benzene rings is 2. The minimum Gasteiger partial charge on any atom is -0.495 e. The van der Waals surface area contributed by atoms with E-state index in [1.54, 1.807) is 36.4 Å². The molecule has 0 radical (unpaired) electrons. The molecule has 3 aromatic rings. The number of aromatic nitrogens is 1. The summed E-state index contributed by atoms with van der Waals surface area (Å²) in [6.45, 7) is 0.116. The van der Waals surface area contributed by atoms with Crippen molar-refractivity contribution in [3.05, 3.63) is 64.3 Å². The summed E-state index contributed by atoms with van der Waals surface area (Å²) in [4.78, 5) is 17.1. The third-order valence-corrected chi connectivity index (χ3v) is 6.40. The molecule has 0 bridgehead atoms. The first-order valence-electron chi connectivity index (χ1n) is 11.2. The standard InChI is InChI=1S/C25H25ClF3N3O3/c1-35-20-11-6-14(12-18(20)26)13-30-22-17-4-2-3-5-19(17)32-23(25(27,28)29)21(22)24(34)31-15-7-9-16(33)10-8-15/h2-6,11-12,15-16,33H,7-10,13H2,1H3,(H,30,32)(H,31,34)/t15-,16-. The number of nitrogens with zero attached hydrogens (tertiary/aromatic N) is 1. The quantitative estimate of drug-likeness (QED) is 0.407. The molecule has 1 amide bonds. The van der Waals surface area contributed by atoms with Gasteiger partial charge >= 0.3 is 6.18 Å². The zero-order valence-corrected chi connectivity index (χ0v) is 19.7. The van der Waals surface area contributed by atoms with Crippen LogP contribution in [0.3, 0.4) is 0 Å². The number of carbonyl (C=O) groups excluding carboxylic acids is 1. The van der Waals surface area contributed by atoms with Crippen LogP contribution < -0.4 is 15.4 Å². The molecular formula is C25H25ClF3N3O3. The van der Waals surface area contributed by atoms with E-state index in [0.29, 0.717) is 47.4 Å². The van der Waals surface area contributed by atoms with Crippen LogP contribution >= 0.6 is 11.6 Å². The minimum absolute atomic E-state index is 0.0446. The molecule has 10 heteroatoms. The van der Waals surface area contributed by atoms with Crippen molar-refractivity contribution in [2.45, 2.75) is 50.6 Å². The van der Waals surface area contributed by atoms with Gasteiger partial charge < -0.3 is 20.5 Å². The zero-order chi connectivity index (χ0) is 25.2. The molecule has 1 aliphatic carbocycles. The van der Waals surface area contributed by atoms with Gasteiger partial charge in [0.15, 0.2) is 5.69 Å². The van der Waals surface area contributed by atoms with Crippen LogP contribution in [0.2, 0.25) is 5.02 Å². The number of fused-ring (bicyclic) bond motifs is 1. The van der Waals surface area contributed by atoms with Gasteiger partial charge in [-0.3, -0.25) is 4.79 Å². The van der Waals surface area contributed by atoms with Gasteiger partial charge in [0.05, 0.1) is 35.0 Å². The van der Waals surface area contributed by atoms with E-state index >= 15 is 0 Å². The molecule has 35 heavy (non-hydrogen) atoms. The second kappa shape index (κ2) is 10.3. The highest BCUT2D eigenvalue weighted by Crippen LogP contribution is 2.38. The average Bonchev–Trinajstić information content (AvgIpc) is 2.82. The smallest absolute Gasteiger partial charge is 0.434 e. The second-order valence-electron chi connectivity index (χ2n) is 8.53. The van der Waals surface area contributed by atoms with Gasteiger partial charge in [-0.1, -0.05) is 35.9 Å². The normalized spacial score (nSPS) is 18.3. The first kappa shape index (κ1) is 25.1. The van der Waals surface area contributed by atoms with E-state index < -0.39 is 29.4 Å². The number of halogens is 4. The first-order valence-corrected chi connectivity index (χ1v) is 11.6. The summed E-state index contributed by atoms with van der Waals surface area (Å²) in [5, 5.41) is 16.2. The Balaban J connectivity index is 1.75. The van der Waals surface area contributed by atoms with Gasteiger partial charge in [0.1, 0.15) is 5.75 Å². The molecular weight excluding hydrogens is 483 g/mol. The van der Waals surface area contributed by atoms with Crippen LogP contribution in [0.25, 0.3) is 10.9 Å². The highest BCUT2D eigenvalue weighted by atomic mass is 35.5. The van der Waals surface area contributed by atoms with Crippen molar-refractivity contribution in [1.82, 2.24) is 10.3 Å². The van der Waals surface area contributed by atoms with E-state index in [1.165, 1.54) is 13.2 Å². The van der Waals surface area contributed by atoms with Crippen LogP contribution in [0, 0.1) is 0 Å². The second-order valence-corrected chi connectivity index (χ2v) is 8.93. The number of pyridine rings is 1. The summed E-state index contributed by atoms with van der Waals surface area (Å²) in [6.07, 6.45) is -3.36. The number of anilines is 1. The van der Waals surface area contributed by atoms with E-state index in [4.69, 9.17) is 16.3 Å². The van der Waals surface area contributed by atoms with E-state index in [-0.39, 0.29) is 23.8 Å². The van der Waals surface area contributed by atoms with E-state index in [9.17, 15) is 23.1 Å². The summed E-state index contributed by atoms with van der Waals surface area (Å²) in [7, 11) is 1.48. The fourth-order valence-corrected chi connectivity index (χ4v) is 4.59. The van der Waals surface area contributed by atoms with E-state index in [2.05, 4.69) is 15.6 Å². The fraction of sp³-hybridized carbons (Fsp3) is 0.360. The molecule has 6 nitrogen and oxygen atoms in total. The van der Waals surface area contributed by atoms with Gasteiger partial charge in [0, 0.05) is 18.0 Å². The third-order valence-electron chi connectivity index (χ3n) is 6.11. The fourth-order valence-electron chi connectivity index (χ4n) is 4.31. The number of aliphatic hydroxyl groups excluding tert-OH is 1. The summed E-state index contributed by atoms with van der Waals surface area (Å²) in [5.41, 5.74) is -0.949. The molecule has 0 atom stereocenters. The molecule has 0 unspecified atom stereocenters. The van der Waals surface area contributed by atoms with Crippen molar-refractivity contribution in [1.29, 1.82) is 0 Å². The van der Waals surface area contributed by atoms with Gasteiger partial charge in [-0.15, -0.1) is 0 Å². The lowest BCUT2D eigenvalue weighted by Gasteiger charge is -2.27. The van der Waals surface area contributed by atoms with Crippen molar-refractivity contribution in [3.63, 3.8) is 0 Å². The lowest BCUT2D eigenvalue weighted by molar-refractivity contribution is -0.141. The number of nitrogens with one attached hydrogen (secondary N) is 2. The van der Waals surface area contributed by atoms with Crippen LogP contribution in [-0.4, -0.2) is 35.3 Å². The number of amides is 1. The Morgan fingerprint density at radius 3 is 2.54 bits per heavy atom. The zero-order valence-electron chi connectivity index (χ0n) is 19.0. The monoisotopic (exact) mass is 507 g/mol. The summed E-state index contributed by atoms with van der Waals surface area (Å²) in [6, 6.07) is 11.1. The summed E-state index contributed by atoms with van der Waals surface area (Å²) in [5.74, 6) is -0.381. The van der Waals surface area contributed by atoms with Gasteiger partial charge in [0.2, 0.25) is 0 Å². The molecule has 1 saturated carbocycles. The maximum absolute atomic E-state index is 14.1. The van der Waals surface area contributed by atoms with E-state index in [0.717, 1.165) is 0 Å². The Hall–Kier alpha value is -3.04. The Bertz CT molecular complexity index is 1230. The van der Waals surface area contributed by atoms with Crippen molar-refractivity contribution in [2.75, 3.05) is 12.4 Å². The number of alkyl halides is 3. The highest BCUT2D eigenvalue weighted by molar-refractivity contribution is 6.32. The number of para-hydroxylation sites is 1. The van der Waals surface area contributed by atoms with Gasteiger partial charge in [-0.25, -0.2) is 4.98 Å². The highest BCUT2D eigenvalue weighted by Gasteiger charge is 2.40. The third kappa shape index (κ3) is 5.62. The number of carbonyl (C=O) groups is 1. The summed E-state index contributed by atoms with van der Waals surface area (Å²) < 4.78 is 47.5. The van der Waals surface area contributed by atoms with Crippen molar-refractivity contribution >= 4 is 34.1 Å². The van der Waals surface area contributed by atoms with Gasteiger partial charge in [-0.2, -0.15) is 13.2 Å². The largest absolute Gasteiger partial charge is 0.495 e. The molecule has 0 aliphatic heterocycles. The lowest BCUT2D eigenvalue weighted by Crippen LogP contribution is -2.39. The molecule has 1 heterocycles. The predicted molar refractivity (Wildman–Crippen MR) is 128 cm³/mol. The van der Waals surface area contributed by atoms with Crippen LogP contribution in [0.4, 0.5) is 18.9 Å². The maximum atomic E-state index is 14.1. The molecule has 4 rings (SSSR count). The molecule has 186 valence electrons. The molecule has 1 aromatic heterocycles. The Morgan fingerprint density at radius 1 is 1.17 bits per heavy atom. The Labute approximate surface area is 205 Å². The molecule has 2 aromatic carbocycles. The number of hydrogen-bond acceptors (Lipinski definition) is 5. The average molecular weight is 508 g/mol. The van der Waals surface area contributed by atoms with Crippen LogP contribution in [0.15, 0.2) is 42.5 Å². The van der Waals surface area contributed by atoms with Crippen LogP contribution in [0.5, 0.6) is 5.75 Å². The minimum atomic E-state index is -4.85. The molecule has 1 aliphatic rings. The lowest BCUT2D eigenvalue weighted by atomic mass is 9.92. The molecule has 0 spiro atoms. The van der Waals surface area contributed by atoms with Gasteiger partial charge in [-0.05, 0) is 49.4 Å². The molecule has 3 N–H and O–H groups in total. The maximum Gasteiger partial charge on any atom is 0.434 e. The number of methoxy groups -OCH3 is 1. The van der Waals surface area contributed by atoms with Crippen molar-refractivity contribution in [2.24, 2.45) is 0 Å².